The molecule has 1 fully saturated rings. The number of rotatable bonds is 4. The monoisotopic (exact) mass is 308 g/mol. The number of nitrogens with one attached hydrogen (secondary N) is 1. The van der Waals surface area contributed by atoms with Crippen LogP contribution < -0.4 is 5.32 Å². The van der Waals surface area contributed by atoms with Gasteiger partial charge in [0.2, 0.25) is 11.8 Å². The number of piperazine rings is 1. The Labute approximate surface area is 130 Å². The first-order chi connectivity index (χ1) is 9.90. The lowest BCUT2D eigenvalue weighted by Crippen LogP contribution is -2.58. The molecule has 1 N–H and O–H groups in total. The number of halogens is 1. The highest BCUT2D eigenvalue weighted by atomic mass is 35.5. The summed E-state index contributed by atoms with van der Waals surface area (Å²) < 4.78 is 0. The highest BCUT2D eigenvalue weighted by Crippen LogP contribution is 2.29. The Morgan fingerprint density at radius 1 is 1.29 bits per heavy atom. The SMILES string of the molecule is CC(C)CC1NC(=O)CN(C(C)c2ccccc2Cl)C1=O. The van der Waals surface area contributed by atoms with Crippen LogP contribution in [0.3, 0.4) is 0 Å². The Kier molecular flexibility index (Phi) is 4.88. The summed E-state index contributed by atoms with van der Waals surface area (Å²) in [6.07, 6.45) is 0.649. The Morgan fingerprint density at radius 3 is 2.57 bits per heavy atom. The van der Waals surface area contributed by atoms with Gasteiger partial charge in [-0.1, -0.05) is 43.6 Å². The molecule has 2 atom stereocenters. The van der Waals surface area contributed by atoms with E-state index in [-0.39, 0.29) is 24.4 Å². The lowest BCUT2D eigenvalue weighted by Gasteiger charge is -2.37. The Morgan fingerprint density at radius 2 is 1.95 bits per heavy atom. The molecule has 1 aromatic carbocycles. The van der Waals surface area contributed by atoms with Gasteiger partial charge in [0, 0.05) is 5.02 Å². The molecule has 1 saturated heterocycles. The second-order valence-electron chi connectivity index (χ2n) is 5.91. The van der Waals surface area contributed by atoms with E-state index in [2.05, 4.69) is 5.32 Å². The number of amides is 2. The number of nitrogens with zero attached hydrogens (tertiary/aromatic N) is 1. The van der Waals surface area contributed by atoms with Crippen molar-refractivity contribution in [2.24, 2.45) is 5.92 Å². The van der Waals surface area contributed by atoms with Gasteiger partial charge in [0.05, 0.1) is 6.04 Å². The molecule has 2 amide bonds. The molecule has 0 aliphatic carbocycles. The zero-order valence-electron chi connectivity index (χ0n) is 12.6. The van der Waals surface area contributed by atoms with E-state index in [0.29, 0.717) is 17.4 Å². The van der Waals surface area contributed by atoms with Crippen LogP contribution in [0.4, 0.5) is 0 Å². The van der Waals surface area contributed by atoms with E-state index in [9.17, 15) is 9.59 Å². The molecule has 1 aliphatic rings. The summed E-state index contributed by atoms with van der Waals surface area (Å²) in [4.78, 5) is 26.1. The first-order valence-electron chi connectivity index (χ1n) is 7.24. The van der Waals surface area contributed by atoms with Gasteiger partial charge in [0.15, 0.2) is 0 Å². The second kappa shape index (κ2) is 6.48. The van der Waals surface area contributed by atoms with Crippen molar-refractivity contribution in [1.82, 2.24) is 10.2 Å². The molecule has 1 aromatic rings. The van der Waals surface area contributed by atoms with Crippen molar-refractivity contribution in [3.63, 3.8) is 0 Å². The number of hydrogen-bond donors (Lipinski definition) is 1. The lowest BCUT2D eigenvalue weighted by atomic mass is 9.98. The van der Waals surface area contributed by atoms with Crippen LogP contribution in [-0.2, 0) is 9.59 Å². The zero-order chi connectivity index (χ0) is 15.6. The summed E-state index contributed by atoms with van der Waals surface area (Å²) in [6.45, 7) is 6.07. The maximum atomic E-state index is 12.6. The van der Waals surface area contributed by atoms with Gasteiger partial charge in [0.1, 0.15) is 12.6 Å². The molecule has 0 aromatic heterocycles. The number of benzene rings is 1. The van der Waals surface area contributed by atoms with E-state index in [1.165, 1.54) is 0 Å². The Balaban J connectivity index is 2.23. The van der Waals surface area contributed by atoms with Crippen molar-refractivity contribution in [2.75, 3.05) is 6.54 Å². The molecule has 1 aliphatic heterocycles. The summed E-state index contributed by atoms with van der Waals surface area (Å²) in [5.41, 5.74) is 0.866. The maximum absolute atomic E-state index is 12.6. The van der Waals surface area contributed by atoms with E-state index in [4.69, 9.17) is 11.6 Å². The predicted molar refractivity (Wildman–Crippen MR) is 83.0 cm³/mol. The van der Waals surface area contributed by atoms with Crippen molar-refractivity contribution in [1.29, 1.82) is 0 Å². The third-order valence-corrected chi connectivity index (χ3v) is 4.10. The molecule has 0 spiro atoms. The van der Waals surface area contributed by atoms with Gasteiger partial charge >= 0.3 is 0 Å². The minimum absolute atomic E-state index is 0.0317. The fourth-order valence-corrected chi connectivity index (χ4v) is 2.97. The normalized spacial score (nSPS) is 20.6. The average molecular weight is 309 g/mol. The lowest BCUT2D eigenvalue weighted by molar-refractivity contribution is -0.146. The van der Waals surface area contributed by atoms with E-state index < -0.39 is 6.04 Å². The van der Waals surface area contributed by atoms with E-state index in [0.717, 1.165) is 5.56 Å². The van der Waals surface area contributed by atoms with Gasteiger partial charge < -0.3 is 10.2 Å². The molecule has 0 bridgehead atoms. The molecule has 21 heavy (non-hydrogen) atoms. The van der Waals surface area contributed by atoms with E-state index in [1.807, 2.05) is 39.0 Å². The van der Waals surface area contributed by atoms with Gasteiger partial charge in [-0.25, -0.2) is 0 Å². The second-order valence-corrected chi connectivity index (χ2v) is 6.32. The van der Waals surface area contributed by atoms with Crippen molar-refractivity contribution in [3.8, 4) is 0 Å². The number of carbonyl (C=O) groups excluding carboxylic acids is 2. The minimum Gasteiger partial charge on any atom is -0.343 e. The minimum atomic E-state index is -0.434. The van der Waals surface area contributed by atoms with Crippen LogP contribution in [0, 0.1) is 5.92 Å². The van der Waals surface area contributed by atoms with Crippen LogP contribution in [0.1, 0.15) is 38.8 Å². The third kappa shape index (κ3) is 3.56. The molecule has 4 nitrogen and oxygen atoms in total. The summed E-state index contributed by atoms with van der Waals surface area (Å²) >= 11 is 6.20. The van der Waals surface area contributed by atoms with Crippen molar-refractivity contribution in [2.45, 2.75) is 39.3 Å². The molecule has 0 radical (unpaired) electrons. The first kappa shape index (κ1) is 15.8. The molecular formula is C16H21ClN2O2. The molecule has 0 saturated carbocycles. The van der Waals surface area contributed by atoms with Gasteiger partial charge in [-0.3, -0.25) is 9.59 Å². The fraction of sp³-hybridized carbons (Fsp3) is 0.500. The van der Waals surface area contributed by atoms with Crippen LogP contribution in [0.2, 0.25) is 5.02 Å². The predicted octanol–water partition coefficient (Wildman–Crippen LogP) is 2.77. The number of hydrogen-bond acceptors (Lipinski definition) is 2. The maximum Gasteiger partial charge on any atom is 0.246 e. The molecule has 2 rings (SSSR count). The molecule has 2 unspecified atom stereocenters. The molecule has 114 valence electrons. The number of carbonyl (C=O) groups is 2. The zero-order valence-corrected chi connectivity index (χ0v) is 13.4. The topological polar surface area (TPSA) is 49.4 Å². The van der Waals surface area contributed by atoms with Crippen LogP contribution in [0.25, 0.3) is 0 Å². The fourth-order valence-electron chi connectivity index (χ4n) is 2.68. The van der Waals surface area contributed by atoms with Crippen LogP contribution in [0.5, 0.6) is 0 Å². The average Bonchev–Trinajstić information content (AvgIpc) is 2.41. The van der Waals surface area contributed by atoms with E-state index >= 15 is 0 Å². The first-order valence-corrected chi connectivity index (χ1v) is 7.62. The van der Waals surface area contributed by atoms with Gasteiger partial charge in [-0.15, -0.1) is 0 Å². The van der Waals surface area contributed by atoms with Crippen molar-refractivity contribution >= 4 is 23.4 Å². The van der Waals surface area contributed by atoms with Gasteiger partial charge in [-0.2, -0.15) is 0 Å². The largest absolute Gasteiger partial charge is 0.343 e. The standard InChI is InChI=1S/C16H21ClN2O2/c1-10(2)8-14-16(21)19(9-15(20)18-14)11(3)12-6-4-5-7-13(12)17/h4-7,10-11,14H,8-9H2,1-3H3,(H,18,20). The molecule has 5 heteroatoms. The summed E-state index contributed by atoms with van der Waals surface area (Å²) in [6, 6.07) is 6.78. The van der Waals surface area contributed by atoms with Crippen molar-refractivity contribution < 1.29 is 9.59 Å². The van der Waals surface area contributed by atoms with Gasteiger partial charge in [0.25, 0.3) is 0 Å². The van der Waals surface area contributed by atoms with Crippen LogP contribution in [-0.4, -0.2) is 29.3 Å². The molecular weight excluding hydrogens is 288 g/mol. The third-order valence-electron chi connectivity index (χ3n) is 3.76. The Bertz CT molecular complexity index is 545. The smallest absolute Gasteiger partial charge is 0.246 e. The Hall–Kier alpha value is -1.55. The highest BCUT2D eigenvalue weighted by molar-refractivity contribution is 6.31. The summed E-state index contributed by atoms with van der Waals surface area (Å²) in [5, 5.41) is 3.40. The highest BCUT2D eigenvalue weighted by Gasteiger charge is 2.36. The van der Waals surface area contributed by atoms with Gasteiger partial charge in [-0.05, 0) is 30.9 Å². The molecule has 1 heterocycles. The summed E-state index contributed by atoms with van der Waals surface area (Å²) in [7, 11) is 0. The summed E-state index contributed by atoms with van der Waals surface area (Å²) in [5.74, 6) is 0.199. The van der Waals surface area contributed by atoms with Crippen LogP contribution >= 0.6 is 11.6 Å². The van der Waals surface area contributed by atoms with Crippen LogP contribution in [0.15, 0.2) is 24.3 Å². The van der Waals surface area contributed by atoms with Crippen molar-refractivity contribution in [3.05, 3.63) is 34.9 Å². The van der Waals surface area contributed by atoms with E-state index in [1.54, 1.807) is 11.0 Å². The quantitative estimate of drug-likeness (QED) is 0.930.